The molecule has 0 aliphatic heterocycles. The Morgan fingerprint density at radius 1 is 1.14 bits per heavy atom. The van der Waals surface area contributed by atoms with Gasteiger partial charge in [0.2, 0.25) is 5.88 Å². The summed E-state index contributed by atoms with van der Waals surface area (Å²) in [5, 5.41) is 15.8. The highest BCUT2D eigenvalue weighted by Gasteiger charge is 2.19. The molecule has 1 heterocycles. The molecule has 0 aliphatic rings. The fourth-order valence-electron chi connectivity index (χ4n) is 2.92. The van der Waals surface area contributed by atoms with E-state index in [9.17, 15) is 18.5 Å². The van der Waals surface area contributed by atoms with Gasteiger partial charge in [-0.05, 0) is 68.3 Å². The largest absolute Gasteiger partial charge is 0.494 e. The van der Waals surface area contributed by atoms with Gasteiger partial charge in [-0.25, -0.2) is 13.1 Å². The third-order valence-corrected chi connectivity index (χ3v) is 6.48. The molecule has 2 aromatic carbocycles. The lowest BCUT2D eigenvalue weighted by Gasteiger charge is -2.08. The number of aromatic nitrogens is 1. The Morgan fingerprint density at radius 3 is 2.40 bits per heavy atom. The summed E-state index contributed by atoms with van der Waals surface area (Å²) >= 11 is 0. The summed E-state index contributed by atoms with van der Waals surface area (Å²) in [6.45, 7) is 6.11. The summed E-state index contributed by atoms with van der Waals surface area (Å²) < 4.78 is 38.2. The van der Waals surface area contributed by atoms with Crippen molar-refractivity contribution in [3.05, 3.63) is 70.9 Å². The third kappa shape index (κ3) is 6.71. The highest BCUT2D eigenvalue weighted by atomic mass is 32.2. The van der Waals surface area contributed by atoms with Gasteiger partial charge in [0.15, 0.2) is 0 Å². The first kappa shape index (κ1) is 25.5. The first-order chi connectivity index (χ1) is 16.7. The number of anilines is 2. The topological polar surface area (TPSA) is 134 Å². The lowest BCUT2D eigenvalue weighted by atomic mass is 10.1. The molecule has 0 saturated heterocycles. The number of carbonyl (C=O) groups is 1. The molecule has 10 heteroatoms. The maximum absolute atomic E-state index is 12.6. The molecular formula is C25H26N4O5S. The lowest BCUT2D eigenvalue weighted by molar-refractivity contribution is -0.112. The zero-order valence-corrected chi connectivity index (χ0v) is 20.5. The number of hydrogen-bond acceptors (Lipinski definition) is 7. The summed E-state index contributed by atoms with van der Waals surface area (Å²) in [6.07, 6.45) is 3.47. The molecule has 3 aromatic rings. The zero-order valence-electron chi connectivity index (χ0n) is 19.7. The Hall–Kier alpha value is -4.10. The number of nitrogens with one attached hydrogen (secondary N) is 2. The minimum Gasteiger partial charge on any atom is -0.494 e. The second kappa shape index (κ2) is 11.4. The molecule has 0 saturated carbocycles. The van der Waals surface area contributed by atoms with Gasteiger partial charge in [-0.15, -0.1) is 0 Å². The fraction of sp³-hybridized carbons (Fsp3) is 0.240. The van der Waals surface area contributed by atoms with Gasteiger partial charge in [0, 0.05) is 11.3 Å². The Morgan fingerprint density at radius 2 is 1.83 bits per heavy atom. The average Bonchev–Trinajstić information content (AvgIpc) is 3.15. The minimum absolute atomic E-state index is 0.0266. The van der Waals surface area contributed by atoms with Gasteiger partial charge in [-0.3, -0.25) is 4.79 Å². The van der Waals surface area contributed by atoms with Gasteiger partial charge in [-0.2, -0.15) is 5.26 Å². The maximum atomic E-state index is 12.6. The van der Waals surface area contributed by atoms with Gasteiger partial charge in [0.05, 0.1) is 17.2 Å². The number of benzene rings is 2. The molecular weight excluding hydrogens is 468 g/mol. The van der Waals surface area contributed by atoms with Crippen molar-refractivity contribution in [2.75, 3.05) is 16.6 Å². The third-order valence-electron chi connectivity index (χ3n) is 5.13. The van der Waals surface area contributed by atoms with Crippen molar-refractivity contribution in [1.82, 2.24) is 5.16 Å². The number of nitriles is 1. The molecule has 0 unspecified atom stereocenters. The SMILES string of the molecule is CCCCOc1ccc(/C=C(\C#N)C(=O)Nc2ccc(S(=O)(=O)Nc3onc(C)c3C)cc2)cc1. The fourth-order valence-corrected chi connectivity index (χ4v) is 3.96. The van der Waals surface area contributed by atoms with Crippen LogP contribution < -0.4 is 14.8 Å². The maximum Gasteiger partial charge on any atom is 0.266 e. The molecule has 1 amide bonds. The number of rotatable bonds is 10. The van der Waals surface area contributed by atoms with Crippen LogP contribution in [0.5, 0.6) is 5.75 Å². The highest BCUT2D eigenvalue weighted by molar-refractivity contribution is 7.92. The van der Waals surface area contributed by atoms with E-state index >= 15 is 0 Å². The molecule has 0 radical (unpaired) electrons. The van der Waals surface area contributed by atoms with Gasteiger partial charge >= 0.3 is 0 Å². The molecule has 1 aromatic heterocycles. The Labute approximate surface area is 204 Å². The van der Waals surface area contributed by atoms with E-state index in [1.165, 1.54) is 30.3 Å². The molecule has 35 heavy (non-hydrogen) atoms. The van der Waals surface area contributed by atoms with Crippen molar-refractivity contribution in [1.29, 1.82) is 5.26 Å². The van der Waals surface area contributed by atoms with Crippen molar-refractivity contribution in [2.45, 2.75) is 38.5 Å². The van der Waals surface area contributed by atoms with E-state index in [1.54, 1.807) is 38.1 Å². The summed E-state index contributed by atoms with van der Waals surface area (Å²) in [7, 11) is -3.91. The van der Waals surface area contributed by atoms with Gasteiger partial charge in [-0.1, -0.05) is 30.6 Å². The van der Waals surface area contributed by atoms with Crippen LogP contribution in [0.1, 0.15) is 36.6 Å². The number of carbonyl (C=O) groups excluding carboxylic acids is 1. The Balaban J connectivity index is 1.66. The van der Waals surface area contributed by atoms with Crippen LogP contribution in [0.4, 0.5) is 11.6 Å². The zero-order chi connectivity index (χ0) is 25.4. The van der Waals surface area contributed by atoms with Gasteiger partial charge in [0.1, 0.15) is 17.4 Å². The summed E-state index contributed by atoms with van der Waals surface area (Å²) in [5.74, 6) is 0.151. The van der Waals surface area contributed by atoms with Crippen molar-refractivity contribution >= 4 is 33.6 Å². The molecule has 0 spiro atoms. The van der Waals surface area contributed by atoms with E-state index in [4.69, 9.17) is 9.26 Å². The lowest BCUT2D eigenvalue weighted by Crippen LogP contribution is -2.15. The van der Waals surface area contributed by atoms with Crippen LogP contribution in [-0.4, -0.2) is 26.1 Å². The molecule has 0 aliphatic carbocycles. The molecule has 0 bridgehead atoms. The molecule has 0 atom stereocenters. The van der Waals surface area contributed by atoms with Crippen LogP contribution in [0, 0.1) is 25.2 Å². The summed E-state index contributed by atoms with van der Waals surface area (Å²) in [6, 6.07) is 14.5. The quantitative estimate of drug-likeness (QED) is 0.234. The molecule has 9 nitrogen and oxygen atoms in total. The van der Waals surface area contributed by atoms with Gasteiger partial charge in [0.25, 0.3) is 15.9 Å². The molecule has 3 rings (SSSR count). The Kier molecular flexibility index (Phi) is 8.28. The smallest absolute Gasteiger partial charge is 0.266 e. The Bertz CT molecular complexity index is 1350. The normalized spacial score (nSPS) is 11.5. The second-order valence-corrected chi connectivity index (χ2v) is 9.43. The molecule has 0 fully saturated rings. The predicted octanol–water partition coefficient (Wildman–Crippen LogP) is 4.82. The number of amides is 1. The van der Waals surface area contributed by atoms with Crippen molar-refractivity contribution in [3.8, 4) is 11.8 Å². The average molecular weight is 495 g/mol. The summed E-state index contributed by atoms with van der Waals surface area (Å²) in [4.78, 5) is 12.5. The molecule has 182 valence electrons. The number of hydrogen-bond donors (Lipinski definition) is 2. The van der Waals surface area contributed by atoms with Crippen molar-refractivity contribution < 1.29 is 22.5 Å². The second-order valence-electron chi connectivity index (χ2n) is 7.75. The minimum atomic E-state index is -3.91. The standard InChI is InChI=1S/C25H26N4O5S/c1-4-5-14-33-22-10-6-19(7-11-22)15-20(16-26)24(30)27-21-8-12-23(13-9-21)35(31,32)29-25-17(2)18(3)28-34-25/h6-13,15,29H,4-5,14H2,1-3H3,(H,27,30)/b20-15+. The van der Waals surface area contributed by atoms with Crippen LogP contribution in [-0.2, 0) is 14.8 Å². The van der Waals surface area contributed by atoms with E-state index in [-0.39, 0.29) is 16.4 Å². The number of aryl methyl sites for hydroxylation is 1. The number of nitrogens with zero attached hydrogens (tertiary/aromatic N) is 2. The first-order valence-corrected chi connectivity index (χ1v) is 12.4. The predicted molar refractivity (Wildman–Crippen MR) is 132 cm³/mol. The summed E-state index contributed by atoms with van der Waals surface area (Å²) in [5.41, 5.74) is 2.08. The highest BCUT2D eigenvalue weighted by Crippen LogP contribution is 2.23. The number of unbranched alkanes of at least 4 members (excludes halogenated alkanes) is 1. The van der Waals surface area contributed by atoms with E-state index < -0.39 is 15.9 Å². The number of ether oxygens (including phenoxy) is 1. The van der Waals surface area contributed by atoms with Crippen molar-refractivity contribution in [2.24, 2.45) is 0 Å². The number of sulfonamides is 1. The molecule has 2 N–H and O–H groups in total. The van der Waals surface area contributed by atoms with E-state index in [0.717, 1.165) is 18.6 Å². The van der Waals surface area contributed by atoms with E-state index in [1.807, 2.05) is 6.07 Å². The van der Waals surface area contributed by atoms with E-state index in [2.05, 4.69) is 22.1 Å². The van der Waals surface area contributed by atoms with Crippen molar-refractivity contribution in [3.63, 3.8) is 0 Å². The first-order valence-electron chi connectivity index (χ1n) is 10.9. The monoisotopic (exact) mass is 494 g/mol. The van der Waals surface area contributed by atoms with Crippen LogP contribution in [0.15, 0.2) is 63.5 Å². The van der Waals surface area contributed by atoms with Crippen LogP contribution >= 0.6 is 0 Å². The van der Waals surface area contributed by atoms with Gasteiger partial charge < -0.3 is 14.6 Å². The van der Waals surface area contributed by atoms with Crippen LogP contribution in [0.25, 0.3) is 6.08 Å². The van der Waals surface area contributed by atoms with Crippen LogP contribution in [0.3, 0.4) is 0 Å². The van der Waals surface area contributed by atoms with Crippen LogP contribution in [0.2, 0.25) is 0 Å². The van der Waals surface area contributed by atoms with E-state index in [0.29, 0.717) is 29.1 Å².